The Morgan fingerprint density at radius 1 is 0.750 bits per heavy atom. The van der Waals surface area contributed by atoms with E-state index in [2.05, 4.69) is 70.3 Å². The standard InChI is InChI=1S/C24H18N4/c25-24(27-26)17-12-13-23-21(14-17)20-10-3-4-11-22(20)28(23)15-18-8-5-7-16-6-1-2-9-19(16)18/h1-14,25-26H,15H2. The Morgan fingerprint density at radius 3 is 2.32 bits per heavy atom. The predicted molar refractivity (Wildman–Crippen MR) is 114 cm³/mol. The highest BCUT2D eigenvalue weighted by molar-refractivity contribution is 6.11. The van der Waals surface area contributed by atoms with Crippen molar-refractivity contribution in [3.63, 3.8) is 0 Å². The Balaban J connectivity index is 1.76. The number of fused-ring (bicyclic) bond motifs is 4. The number of benzene rings is 4. The van der Waals surface area contributed by atoms with Gasteiger partial charge in [-0.3, -0.25) is 5.41 Å². The van der Waals surface area contributed by atoms with E-state index >= 15 is 0 Å². The minimum absolute atomic E-state index is 0.0206. The molecule has 5 rings (SSSR count). The lowest BCUT2D eigenvalue weighted by atomic mass is 10.0. The fourth-order valence-corrected chi connectivity index (χ4v) is 4.04. The summed E-state index contributed by atoms with van der Waals surface area (Å²) in [5.74, 6) is -0.0206. The first-order valence-electron chi connectivity index (χ1n) is 9.20. The third kappa shape index (κ3) is 2.50. The van der Waals surface area contributed by atoms with Crippen LogP contribution in [0.25, 0.3) is 32.6 Å². The second-order valence-electron chi connectivity index (χ2n) is 6.93. The van der Waals surface area contributed by atoms with Crippen molar-refractivity contribution in [3.8, 4) is 0 Å². The van der Waals surface area contributed by atoms with Crippen LogP contribution in [0.1, 0.15) is 11.1 Å². The van der Waals surface area contributed by atoms with Gasteiger partial charge in [0.1, 0.15) is 0 Å². The van der Waals surface area contributed by atoms with E-state index in [0.29, 0.717) is 5.56 Å². The van der Waals surface area contributed by atoms with Gasteiger partial charge in [-0.2, -0.15) is 0 Å². The molecule has 28 heavy (non-hydrogen) atoms. The zero-order valence-corrected chi connectivity index (χ0v) is 15.2. The molecule has 134 valence electrons. The Hall–Kier alpha value is -3.79. The van der Waals surface area contributed by atoms with Crippen LogP contribution in [0.15, 0.2) is 90.0 Å². The van der Waals surface area contributed by atoms with Crippen molar-refractivity contribution in [2.24, 2.45) is 5.11 Å². The van der Waals surface area contributed by atoms with E-state index in [1.807, 2.05) is 24.3 Å². The van der Waals surface area contributed by atoms with Crippen LogP contribution in [0, 0.1) is 10.9 Å². The van der Waals surface area contributed by atoms with Gasteiger partial charge in [0.2, 0.25) is 0 Å². The average molecular weight is 362 g/mol. The number of amidine groups is 1. The molecule has 4 heteroatoms. The quantitative estimate of drug-likeness (QED) is 0.213. The Morgan fingerprint density at radius 2 is 1.46 bits per heavy atom. The van der Waals surface area contributed by atoms with Crippen molar-refractivity contribution in [3.05, 3.63) is 96.1 Å². The number of nitrogens with zero attached hydrogens (tertiary/aromatic N) is 2. The molecule has 0 aliphatic carbocycles. The molecule has 4 aromatic carbocycles. The summed E-state index contributed by atoms with van der Waals surface area (Å²) in [5.41, 5.74) is 11.4. The summed E-state index contributed by atoms with van der Waals surface area (Å²) in [5, 5.41) is 15.9. The summed E-state index contributed by atoms with van der Waals surface area (Å²) < 4.78 is 2.33. The summed E-state index contributed by atoms with van der Waals surface area (Å²) >= 11 is 0. The zero-order chi connectivity index (χ0) is 19.1. The summed E-state index contributed by atoms with van der Waals surface area (Å²) in [6.45, 7) is 0.769. The van der Waals surface area contributed by atoms with Gasteiger partial charge in [0.15, 0.2) is 5.84 Å². The molecule has 4 nitrogen and oxygen atoms in total. The Bertz CT molecular complexity index is 1370. The summed E-state index contributed by atoms with van der Waals surface area (Å²) in [6, 6.07) is 29.2. The van der Waals surface area contributed by atoms with Crippen LogP contribution in [0.2, 0.25) is 0 Å². The van der Waals surface area contributed by atoms with Gasteiger partial charge in [0.25, 0.3) is 0 Å². The maximum atomic E-state index is 7.88. The average Bonchev–Trinajstić information content (AvgIpc) is 3.06. The number of aromatic nitrogens is 1. The second kappa shape index (κ2) is 6.43. The molecule has 1 heterocycles. The molecule has 0 bridgehead atoms. The number of hydrogen-bond acceptors (Lipinski definition) is 2. The van der Waals surface area contributed by atoms with E-state index in [4.69, 9.17) is 10.9 Å². The Labute approximate surface area is 162 Å². The fourth-order valence-electron chi connectivity index (χ4n) is 4.04. The smallest absolute Gasteiger partial charge is 0.173 e. The van der Waals surface area contributed by atoms with Crippen LogP contribution in [-0.2, 0) is 6.54 Å². The van der Waals surface area contributed by atoms with Crippen LogP contribution >= 0.6 is 0 Å². The van der Waals surface area contributed by atoms with Crippen molar-refractivity contribution in [2.75, 3.05) is 0 Å². The van der Waals surface area contributed by atoms with Gasteiger partial charge in [0.05, 0.1) is 0 Å². The second-order valence-corrected chi connectivity index (χ2v) is 6.93. The number of rotatable bonds is 3. The van der Waals surface area contributed by atoms with Crippen molar-refractivity contribution < 1.29 is 0 Å². The Kier molecular flexibility index (Phi) is 3.76. The SMILES string of the molecule is N=NC(=N)c1ccc2c(c1)c1ccccc1n2Cc1cccc2ccccc12. The minimum atomic E-state index is -0.0206. The minimum Gasteiger partial charge on any atom is -0.336 e. The molecule has 0 saturated carbocycles. The van der Waals surface area contributed by atoms with E-state index < -0.39 is 0 Å². The molecule has 2 N–H and O–H groups in total. The molecule has 0 fully saturated rings. The van der Waals surface area contributed by atoms with Gasteiger partial charge in [-0.15, -0.1) is 5.11 Å². The van der Waals surface area contributed by atoms with Crippen LogP contribution in [0.4, 0.5) is 0 Å². The molecule has 0 atom stereocenters. The van der Waals surface area contributed by atoms with E-state index in [0.717, 1.165) is 28.4 Å². The summed E-state index contributed by atoms with van der Waals surface area (Å²) in [7, 11) is 0. The fraction of sp³-hybridized carbons (Fsp3) is 0.0417. The number of nitrogens with one attached hydrogen (secondary N) is 2. The molecule has 1 aromatic heterocycles. The monoisotopic (exact) mass is 362 g/mol. The molecule has 5 aromatic rings. The van der Waals surface area contributed by atoms with E-state index in [9.17, 15) is 0 Å². The lowest BCUT2D eigenvalue weighted by Crippen LogP contribution is -2.00. The van der Waals surface area contributed by atoms with Crippen LogP contribution in [-0.4, -0.2) is 10.4 Å². The van der Waals surface area contributed by atoms with E-state index in [1.165, 1.54) is 16.3 Å². The van der Waals surface area contributed by atoms with Crippen molar-refractivity contribution in [2.45, 2.75) is 6.54 Å². The van der Waals surface area contributed by atoms with Gasteiger partial charge < -0.3 is 4.57 Å². The summed E-state index contributed by atoms with van der Waals surface area (Å²) in [6.07, 6.45) is 0. The van der Waals surface area contributed by atoms with Crippen molar-refractivity contribution in [1.82, 2.24) is 4.57 Å². The first-order valence-corrected chi connectivity index (χ1v) is 9.20. The third-order valence-electron chi connectivity index (χ3n) is 5.37. The lowest BCUT2D eigenvalue weighted by molar-refractivity contribution is 0.876. The predicted octanol–water partition coefficient (Wildman–Crippen LogP) is 6.35. The molecule has 0 radical (unpaired) electrons. The van der Waals surface area contributed by atoms with E-state index in [-0.39, 0.29) is 5.84 Å². The van der Waals surface area contributed by atoms with Gasteiger partial charge in [-0.25, -0.2) is 5.53 Å². The lowest BCUT2D eigenvalue weighted by Gasteiger charge is -2.11. The molecule has 0 saturated heterocycles. The van der Waals surface area contributed by atoms with Gasteiger partial charge in [-0.05, 0) is 40.6 Å². The molecular formula is C24H18N4. The van der Waals surface area contributed by atoms with Crippen molar-refractivity contribution >= 4 is 38.4 Å². The van der Waals surface area contributed by atoms with Crippen molar-refractivity contribution in [1.29, 1.82) is 10.9 Å². The van der Waals surface area contributed by atoms with Gasteiger partial charge in [0, 0.05) is 33.9 Å². The van der Waals surface area contributed by atoms with Crippen LogP contribution in [0.5, 0.6) is 0 Å². The highest BCUT2D eigenvalue weighted by atomic mass is 15.0. The van der Waals surface area contributed by atoms with Gasteiger partial charge >= 0.3 is 0 Å². The summed E-state index contributed by atoms with van der Waals surface area (Å²) in [4.78, 5) is 0. The van der Waals surface area contributed by atoms with Crippen LogP contribution < -0.4 is 0 Å². The maximum Gasteiger partial charge on any atom is 0.173 e. The first kappa shape index (κ1) is 16.4. The normalized spacial score (nSPS) is 11.3. The highest BCUT2D eigenvalue weighted by Crippen LogP contribution is 2.31. The maximum absolute atomic E-state index is 7.88. The number of para-hydroxylation sites is 1. The third-order valence-corrected chi connectivity index (χ3v) is 5.37. The largest absolute Gasteiger partial charge is 0.336 e. The molecule has 0 aliphatic rings. The van der Waals surface area contributed by atoms with Gasteiger partial charge in [-0.1, -0.05) is 60.7 Å². The van der Waals surface area contributed by atoms with E-state index in [1.54, 1.807) is 0 Å². The first-order chi connectivity index (χ1) is 13.8. The number of hydrogen-bond donors (Lipinski definition) is 2. The zero-order valence-electron chi connectivity index (χ0n) is 15.2. The van der Waals surface area contributed by atoms with Crippen LogP contribution in [0.3, 0.4) is 0 Å². The highest BCUT2D eigenvalue weighted by Gasteiger charge is 2.13. The molecule has 0 amide bonds. The topological polar surface area (TPSA) is 65.0 Å². The molecule has 0 unspecified atom stereocenters. The molecular weight excluding hydrogens is 344 g/mol. The molecule has 0 aliphatic heterocycles. The molecule has 0 spiro atoms.